The quantitative estimate of drug-likeness (QED) is 0.664. The smallest absolute Gasteiger partial charge is 0.379 e. The Kier molecular flexibility index (Phi) is 7.55. The van der Waals surface area contributed by atoms with Crippen LogP contribution in [-0.2, 0) is 33.4 Å². The second-order valence-electron chi connectivity index (χ2n) is 10.2. The highest BCUT2D eigenvalue weighted by molar-refractivity contribution is 5.83. The first-order valence-corrected chi connectivity index (χ1v) is 12.4. The molecule has 2 unspecified atom stereocenters. The predicted molar refractivity (Wildman–Crippen MR) is 121 cm³/mol. The average Bonchev–Trinajstić information content (AvgIpc) is 3.24. The lowest BCUT2D eigenvalue weighted by Crippen LogP contribution is -2.52. The topological polar surface area (TPSA) is 63.7 Å². The maximum absolute atomic E-state index is 13.9. The van der Waals surface area contributed by atoms with Gasteiger partial charge < -0.3 is 19.7 Å². The molecule has 4 rings (SSSR count). The molecule has 1 saturated carbocycles. The van der Waals surface area contributed by atoms with Crippen LogP contribution in [0.4, 0.5) is 13.2 Å². The molecule has 2 aliphatic heterocycles. The summed E-state index contributed by atoms with van der Waals surface area (Å²) in [7, 11) is 0. The first kappa shape index (κ1) is 25.4. The van der Waals surface area contributed by atoms with Gasteiger partial charge in [0.15, 0.2) is 0 Å². The number of halogens is 3. The van der Waals surface area contributed by atoms with Crippen molar-refractivity contribution < 1.29 is 27.4 Å². The lowest BCUT2D eigenvalue weighted by Gasteiger charge is -2.40. The number of carbonyl (C=O) groups is 1. The Bertz CT molecular complexity index is 877. The normalized spacial score (nSPS) is 30.0. The number of hydrogen-bond donors (Lipinski definition) is 1. The molecule has 1 saturated heterocycles. The first-order chi connectivity index (χ1) is 16.1. The molecule has 4 atom stereocenters. The number of alkyl halides is 3. The van der Waals surface area contributed by atoms with Crippen molar-refractivity contribution in [2.45, 2.75) is 83.8 Å². The van der Waals surface area contributed by atoms with Crippen molar-refractivity contribution in [2.75, 3.05) is 26.4 Å². The highest BCUT2D eigenvalue weighted by atomic mass is 19.4. The molecule has 190 valence electrons. The van der Waals surface area contributed by atoms with Crippen LogP contribution in [0, 0.1) is 11.3 Å². The van der Waals surface area contributed by atoms with Gasteiger partial charge in [0.05, 0.1) is 23.7 Å². The molecular formula is C25H36F3N3O3. The molecule has 6 nitrogen and oxygen atoms in total. The molecule has 1 aromatic rings. The number of hydrogen-bond acceptors (Lipinski definition) is 5. The summed E-state index contributed by atoms with van der Waals surface area (Å²) in [6, 6.07) is 1.56. The van der Waals surface area contributed by atoms with Gasteiger partial charge in [-0.25, -0.2) is 0 Å². The molecule has 0 aromatic carbocycles. The Morgan fingerprint density at radius 3 is 2.88 bits per heavy atom. The Labute approximate surface area is 199 Å². The fourth-order valence-corrected chi connectivity index (χ4v) is 5.84. The molecule has 2 fully saturated rings. The summed E-state index contributed by atoms with van der Waals surface area (Å²) in [5.74, 6) is 0.188. The molecule has 0 radical (unpaired) electrons. The van der Waals surface area contributed by atoms with E-state index in [4.69, 9.17) is 9.47 Å². The van der Waals surface area contributed by atoms with Gasteiger partial charge in [0.1, 0.15) is 0 Å². The van der Waals surface area contributed by atoms with Crippen molar-refractivity contribution in [1.82, 2.24) is 15.2 Å². The molecule has 34 heavy (non-hydrogen) atoms. The van der Waals surface area contributed by atoms with Gasteiger partial charge in [-0.1, -0.05) is 13.8 Å². The van der Waals surface area contributed by atoms with Gasteiger partial charge in [0, 0.05) is 56.7 Å². The number of rotatable bonds is 6. The van der Waals surface area contributed by atoms with Crippen LogP contribution in [0.25, 0.3) is 0 Å². The highest BCUT2D eigenvalue weighted by Crippen LogP contribution is 2.47. The fourth-order valence-electron chi connectivity index (χ4n) is 5.84. The standard InChI is InChI=1S/C25H36F3N3O3/c1-4-34-22-15-33-10-7-21(22)30-19-5-8-24(12-19,16(2)3)23(32)31-9-6-20-17(14-31)11-18(13-29-20)25(26,27)28/h11,13,16,19,21-22,30H,4-10,12,14-15H2,1-3H3/t19-,21?,22?,24+/m1/s1. The summed E-state index contributed by atoms with van der Waals surface area (Å²) in [5.41, 5.74) is -0.119. The fraction of sp³-hybridized carbons (Fsp3) is 0.760. The second-order valence-corrected chi connectivity index (χ2v) is 10.2. The van der Waals surface area contributed by atoms with Crippen LogP contribution in [0.1, 0.15) is 63.3 Å². The summed E-state index contributed by atoms with van der Waals surface area (Å²) in [6.45, 7) is 8.72. The number of pyridine rings is 1. The minimum absolute atomic E-state index is 0.0115. The van der Waals surface area contributed by atoms with Crippen molar-refractivity contribution in [2.24, 2.45) is 11.3 Å². The van der Waals surface area contributed by atoms with Crippen LogP contribution in [0.5, 0.6) is 0 Å². The Morgan fingerprint density at radius 1 is 1.38 bits per heavy atom. The zero-order valence-electron chi connectivity index (χ0n) is 20.3. The number of ether oxygens (including phenoxy) is 2. The van der Waals surface area contributed by atoms with E-state index in [1.54, 1.807) is 4.90 Å². The van der Waals surface area contributed by atoms with E-state index in [1.807, 2.05) is 6.92 Å². The van der Waals surface area contributed by atoms with Gasteiger partial charge in [-0.2, -0.15) is 13.2 Å². The summed E-state index contributed by atoms with van der Waals surface area (Å²) < 4.78 is 51.0. The predicted octanol–water partition coefficient (Wildman–Crippen LogP) is 3.96. The third-order valence-corrected chi connectivity index (χ3v) is 7.87. The number of amides is 1. The molecule has 0 bridgehead atoms. The van der Waals surface area contributed by atoms with Gasteiger partial charge in [-0.05, 0) is 50.2 Å². The van der Waals surface area contributed by atoms with E-state index in [2.05, 4.69) is 24.1 Å². The SMILES string of the molecule is CCOC1COCCC1N[C@@H]1CC[C@@](C(=O)N2CCc3ncc(C(F)(F)F)cc3C2)(C(C)C)C1. The van der Waals surface area contributed by atoms with E-state index in [1.165, 1.54) is 0 Å². The van der Waals surface area contributed by atoms with E-state index in [-0.39, 0.29) is 36.6 Å². The van der Waals surface area contributed by atoms with Crippen LogP contribution >= 0.6 is 0 Å². The van der Waals surface area contributed by atoms with E-state index in [9.17, 15) is 18.0 Å². The van der Waals surface area contributed by atoms with Gasteiger partial charge >= 0.3 is 6.18 Å². The summed E-state index contributed by atoms with van der Waals surface area (Å²) in [4.78, 5) is 19.7. The number of aromatic nitrogens is 1. The first-order valence-electron chi connectivity index (χ1n) is 12.4. The van der Waals surface area contributed by atoms with E-state index in [0.717, 1.165) is 37.9 Å². The monoisotopic (exact) mass is 483 g/mol. The van der Waals surface area contributed by atoms with Crippen molar-refractivity contribution in [3.8, 4) is 0 Å². The van der Waals surface area contributed by atoms with Gasteiger partial charge in [0.25, 0.3) is 0 Å². The summed E-state index contributed by atoms with van der Waals surface area (Å²) >= 11 is 0. The number of carbonyl (C=O) groups excluding carboxylic acids is 1. The third-order valence-electron chi connectivity index (χ3n) is 7.87. The molecule has 9 heteroatoms. The molecule has 0 spiro atoms. The maximum Gasteiger partial charge on any atom is 0.417 e. The van der Waals surface area contributed by atoms with Crippen LogP contribution in [0.15, 0.2) is 12.3 Å². The molecule has 1 N–H and O–H groups in total. The zero-order valence-corrected chi connectivity index (χ0v) is 20.3. The number of fused-ring (bicyclic) bond motifs is 1. The van der Waals surface area contributed by atoms with Gasteiger partial charge in [-0.15, -0.1) is 0 Å². The lowest BCUT2D eigenvalue weighted by atomic mass is 9.74. The van der Waals surface area contributed by atoms with Crippen LogP contribution in [-0.4, -0.2) is 60.3 Å². The Morgan fingerprint density at radius 2 is 2.18 bits per heavy atom. The molecule has 1 aliphatic carbocycles. The van der Waals surface area contributed by atoms with Crippen LogP contribution in [0.2, 0.25) is 0 Å². The summed E-state index contributed by atoms with van der Waals surface area (Å²) in [6.07, 6.45) is 0.209. The van der Waals surface area contributed by atoms with E-state index >= 15 is 0 Å². The Hall–Kier alpha value is -1.71. The molecule has 3 aliphatic rings. The Balaban J connectivity index is 1.47. The van der Waals surface area contributed by atoms with Crippen molar-refractivity contribution in [1.29, 1.82) is 0 Å². The minimum atomic E-state index is -4.44. The van der Waals surface area contributed by atoms with Gasteiger partial charge in [-0.3, -0.25) is 9.78 Å². The third kappa shape index (κ3) is 5.11. The largest absolute Gasteiger partial charge is 0.417 e. The highest BCUT2D eigenvalue weighted by Gasteiger charge is 2.50. The maximum atomic E-state index is 13.9. The van der Waals surface area contributed by atoms with Crippen molar-refractivity contribution in [3.63, 3.8) is 0 Å². The summed E-state index contributed by atoms with van der Waals surface area (Å²) in [5, 5.41) is 3.75. The lowest BCUT2D eigenvalue weighted by molar-refractivity contribution is -0.146. The number of nitrogens with one attached hydrogen (secondary N) is 1. The second kappa shape index (κ2) is 10.1. The zero-order chi connectivity index (χ0) is 24.5. The molecular weight excluding hydrogens is 447 g/mol. The van der Waals surface area contributed by atoms with E-state index in [0.29, 0.717) is 44.0 Å². The van der Waals surface area contributed by atoms with Crippen LogP contribution in [0.3, 0.4) is 0 Å². The van der Waals surface area contributed by atoms with Crippen molar-refractivity contribution in [3.05, 3.63) is 29.1 Å². The molecule has 1 aromatic heterocycles. The molecule has 3 heterocycles. The van der Waals surface area contributed by atoms with Crippen LogP contribution < -0.4 is 5.32 Å². The number of nitrogens with zero attached hydrogens (tertiary/aromatic N) is 2. The van der Waals surface area contributed by atoms with E-state index < -0.39 is 17.2 Å². The van der Waals surface area contributed by atoms with Gasteiger partial charge in [0.2, 0.25) is 5.91 Å². The minimum Gasteiger partial charge on any atom is -0.379 e. The average molecular weight is 484 g/mol. The van der Waals surface area contributed by atoms with Crippen molar-refractivity contribution >= 4 is 5.91 Å². The molecule has 1 amide bonds.